The maximum Gasteiger partial charge on any atom is 0.269 e. The van der Waals surface area contributed by atoms with Crippen LogP contribution in [0.2, 0.25) is 0 Å². The van der Waals surface area contributed by atoms with Crippen LogP contribution < -0.4 is 0 Å². The second kappa shape index (κ2) is 6.15. The zero-order valence-electron chi connectivity index (χ0n) is 8.91. The first-order valence-corrected chi connectivity index (χ1v) is 5.51. The van der Waals surface area contributed by atoms with E-state index in [9.17, 15) is 20.2 Å². The lowest BCUT2D eigenvalue weighted by Crippen LogP contribution is -2.21. The smallest absolute Gasteiger partial charge is 0.264 e. The van der Waals surface area contributed by atoms with Gasteiger partial charge in [0.15, 0.2) is 0 Å². The third kappa shape index (κ3) is 3.99. The van der Waals surface area contributed by atoms with Crippen molar-refractivity contribution in [3.8, 4) is 0 Å². The molecule has 1 aromatic rings. The number of alkyl halides is 1. The third-order valence-electron chi connectivity index (χ3n) is 2.36. The van der Waals surface area contributed by atoms with Gasteiger partial charge in [-0.05, 0) is 12.0 Å². The van der Waals surface area contributed by atoms with Gasteiger partial charge in [0.05, 0.1) is 10.8 Å². The van der Waals surface area contributed by atoms with E-state index in [0.29, 0.717) is 12.0 Å². The minimum absolute atomic E-state index is 0.00831. The van der Waals surface area contributed by atoms with Crippen LogP contribution in [0.15, 0.2) is 24.3 Å². The molecule has 17 heavy (non-hydrogen) atoms. The van der Waals surface area contributed by atoms with E-state index in [2.05, 4.69) is 0 Å². The van der Waals surface area contributed by atoms with Crippen molar-refractivity contribution in [1.29, 1.82) is 0 Å². The average Bonchev–Trinajstić information content (AvgIpc) is 2.29. The Morgan fingerprint density at radius 2 is 2.00 bits per heavy atom. The minimum atomic E-state index is -0.809. The van der Waals surface area contributed by atoms with Crippen LogP contribution >= 0.6 is 11.6 Å². The van der Waals surface area contributed by atoms with Crippen molar-refractivity contribution in [3.05, 3.63) is 50.1 Å². The molecular formula is C10H11ClN2O4. The largest absolute Gasteiger partial charge is 0.269 e. The molecule has 0 saturated carbocycles. The van der Waals surface area contributed by atoms with E-state index in [4.69, 9.17) is 11.6 Å². The Balaban J connectivity index is 2.66. The Morgan fingerprint density at radius 3 is 2.53 bits per heavy atom. The third-order valence-corrected chi connectivity index (χ3v) is 2.72. The van der Waals surface area contributed by atoms with Crippen molar-refractivity contribution in [3.63, 3.8) is 0 Å². The molecule has 0 saturated heterocycles. The lowest BCUT2D eigenvalue weighted by Gasteiger charge is -2.05. The highest BCUT2D eigenvalue weighted by molar-refractivity contribution is 6.18. The van der Waals surface area contributed by atoms with E-state index in [1.807, 2.05) is 0 Å². The number of non-ortho nitro benzene ring substituents is 1. The van der Waals surface area contributed by atoms with Crippen molar-refractivity contribution in [2.24, 2.45) is 0 Å². The van der Waals surface area contributed by atoms with Gasteiger partial charge in [-0.3, -0.25) is 20.2 Å². The summed E-state index contributed by atoms with van der Waals surface area (Å²) in [6, 6.07) is 5.27. The quantitative estimate of drug-likeness (QED) is 0.445. The van der Waals surface area contributed by atoms with Gasteiger partial charge in [0, 0.05) is 23.5 Å². The molecule has 0 radical (unpaired) electrons. The Hall–Kier alpha value is -1.69. The SMILES string of the molecule is O=[N+]([O-])c1cccc(CCC(CCl)[N+](=O)[O-])c1. The molecule has 92 valence electrons. The molecule has 6 nitrogen and oxygen atoms in total. The maximum atomic E-state index is 10.5. The Morgan fingerprint density at radius 1 is 1.29 bits per heavy atom. The van der Waals surface area contributed by atoms with Gasteiger partial charge < -0.3 is 0 Å². The van der Waals surface area contributed by atoms with E-state index < -0.39 is 15.9 Å². The van der Waals surface area contributed by atoms with Gasteiger partial charge in [0.1, 0.15) is 0 Å². The normalized spacial score (nSPS) is 12.1. The molecule has 1 rings (SSSR count). The molecule has 7 heteroatoms. The van der Waals surface area contributed by atoms with Crippen molar-refractivity contribution >= 4 is 17.3 Å². The molecule has 0 heterocycles. The van der Waals surface area contributed by atoms with Crippen molar-refractivity contribution < 1.29 is 9.85 Å². The number of rotatable bonds is 6. The van der Waals surface area contributed by atoms with Crippen LogP contribution in [0.5, 0.6) is 0 Å². The molecule has 1 unspecified atom stereocenters. The van der Waals surface area contributed by atoms with Crippen LogP contribution in [0.1, 0.15) is 12.0 Å². The molecule has 0 amide bonds. The van der Waals surface area contributed by atoms with Gasteiger partial charge in [-0.2, -0.15) is 0 Å². The lowest BCUT2D eigenvalue weighted by atomic mass is 10.1. The summed E-state index contributed by atoms with van der Waals surface area (Å²) in [5, 5.41) is 21.1. The number of aryl methyl sites for hydroxylation is 1. The van der Waals surface area contributed by atoms with E-state index in [-0.39, 0.29) is 18.0 Å². The van der Waals surface area contributed by atoms with Crippen LogP contribution in [-0.2, 0) is 6.42 Å². The second-order valence-electron chi connectivity index (χ2n) is 3.56. The number of hydrogen-bond acceptors (Lipinski definition) is 4. The Bertz CT molecular complexity index is 425. The van der Waals surface area contributed by atoms with Gasteiger partial charge in [-0.15, -0.1) is 11.6 Å². The van der Waals surface area contributed by atoms with Crippen LogP contribution in [0.25, 0.3) is 0 Å². The van der Waals surface area contributed by atoms with Gasteiger partial charge in [-0.1, -0.05) is 12.1 Å². The number of nitro benzene ring substituents is 1. The van der Waals surface area contributed by atoms with E-state index in [1.54, 1.807) is 12.1 Å². The molecule has 1 aromatic carbocycles. The molecule has 0 aromatic heterocycles. The second-order valence-corrected chi connectivity index (χ2v) is 3.87. The first kappa shape index (κ1) is 13.4. The van der Waals surface area contributed by atoms with Gasteiger partial charge >= 0.3 is 0 Å². The Labute approximate surface area is 103 Å². The summed E-state index contributed by atoms with van der Waals surface area (Å²) in [6.07, 6.45) is 0.678. The predicted molar refractivity (Wildman–Crippen MR) is 62.9 cm³/mol. The zero-order chi connectivity index (χ0) is 12.8. The minimum Gasteiger partial charge on any atom is -0.264 e. The number of nitro groups is 2. The summed E-state index contributed by atoms with van der Waals surface area (Å²) in [5.41, 5.74) is 0.696. The fraction of sp³-hybridized carbons (Fsp3) is 0.400. The molecular weight excluding hydrogens is 248 g/mol. The highest BCUT2D eigenvalue weighted by Crippen LogP contribution is 2.15. The summed E-state index contributed by atoms with van der Waals surface area (Å²) in [7, 11) is 0. The maximum absolute atomic E-state index is 10.5. The predicted octanol–water partition coefficient (Wildman–Crippen LogP) is 2.41. The summed E-state index contributed by atoms with van der Waals surface area (Å²) in [4.78, 5) is 20.2. The summed E-state index contributed by atoms with van der Waals surface area (Å²) in [6.45, 7) is 0. The van der Waals surface area contributed by atoms with Gasteiger partial charge in [0.25, 0.3) is 5.69 Å². The molecule has 0 fully saturated rings. The summed E-state index contributed by atoms with van der Waals surface area (Å²) >= 11 is 5.46. The molecule has 0 aliphatic heterocycles. The van der Waals surface area contributed by atoms with E-state index in [0.717, 1.165) is 0 Å². The summed E-state index contributed by atoms with van der Waals surface area (Å²) in [5.74, 6) is -0.0536. The average molecular weight is 259 g/mol. The van der Waals surface area contributed by atoms with Crippen LogP contribution in [-0.4, -0.2) is 21.8 Å². The highest BCUT2D eigenvalue weighted by atomic mass is 35.5. The monoisotopic (exact) mass is 258 g/mol. The standard InChI is InChI=1S/C10H11ClN2O4/c11-7-10(13(16)17)5-4-8-2-1-3-9(6-8)12(14)15/h1-3,6,10H,4-5,7H2. The lowest BCUT2D eigenvalue weighted by molar-refractivity contribution is -0.517. The van der Waals surface area contributed by atoms with Crippen LogP contribution in [0, 0.1) is 20.2 Å². The fourth-order valence-electron chi connectivity index (χ4n) is 1.40. The van der Waals surface area contributed by atoms with Gasteiger partial charge in [-0.25, -0.2) is 0 Å². The highest BCUT2D eigenvalue weighted by Gasteiger charge is 2.18. The fourth-order valence-corrected chi connectivity index (χ4v) is 1.66. The molecule has 0 N–H and O–H groups in total. The molecule has 0 bridgehead atoms. The topological polar surface area (TPSA) is 86.3 Å². The Kier molecular flexibility index (Phi) is 4.84. The first-order chi connectivity index (χ1) is 8.04. The molecule has 0 aliphatic carbocycles. The first-order valence-electron chi connectivity index (χ1n) is 4.97. The number of hydrogen-bond donors (Lipinski definition) is 0. The van der Waals surface area contributed by atoms with E-state index in [1.165, 1.54) is 12.1 Å². The molecule has 1 atom stereocenters. The number of halogens is 1. The zero-order valence-corrected chi connectivity index (χ0v) is 9.67. The van der Waals surface area contributed by atoms with Gasteiger partial charge in [0.2, 0.25) is 6.04 Å². The van der Waals surface area contributed by atoms with Crippen molar-refractivity contribution in [1.82, 2.24) is 0 Å². The van der Waals surface area contributed by atoms with E-state index >= 15 is 0 Å². The molecule has 0 aliphatic rings. The van der Waals surface area contributed by atoms with Crippen LogP contribution in [0.4, 0.5) is 5.69 Å². The van der Waals surface area contributed by atoms with Crippen LogP contribution in [0.3, 0.4) is 0 Å². The molecule has 0 spiro atoms. The summed E-state index contributed by atoms with van der Waals surface area (Å²) < 4.78 is 0. The van der Waals surface area contributed by atoms with Crippen molar-refractivity contribution in [2.45, 2.75) is 18.9 Å². The number of nitrogens with zero attached hydrogens (tertiary/aromatic N) is 2. The number of benzene rings is 1. The van der Waals surface area contributed by atoms with Crippen molar-refractivity contribution in [2.75, 3.05) is 5.88 Å².